The number of piperazine rings is 1. The normalized spacial score (nSPS) is 17.8. The number of nitrogens with zero attached hydrogens (tertiary/aromatic N) is 2. The summed E-state index contributed by atoms with van der Waals surface area (Å²) >= 11 is 0. The Bertz CT molecular complexity index is 916. The van der Waals surface area contributed by atoms with Crippen molar-refractivity contribution < 1.29 is 19.3 Å². The van der Waals surface area contributed by atoms with Crippen molar-refractivity contribution in [3.8, 4) is 11.5 Å². The van der Waals surface area contributed by atoms with Crippen molar-refractivity contribution in [2.45, 2.75) is 51.9 Å². The van der Waals surface area contributed by atoms with Crippen LogP contribution in [0.1, 0.15) is 50.5 Å². The fourth-order valence-electron chi connectivity index (χ4n) is 5.19. The minimum Gasteiger partial charge on any atom is -0.496 e. The molecule has 1 saturated heterocycles. The molecule has 0 unspecified atom stereocenters. The summed E-state index contributed by atoms with van der Waals surface area (Å²) in [7, 11) is 3.38. The average molecular weight is 427 g/mol. The van der Waals surface area contributed by atoms with Crippen LogP contribution in [-0.2, 0) is 4.79 Å². The summed E-state index contributed by atoms with van der Waals surface area (Å²) < 4.78 is 11.2. The van der Waals surface area contributed by atoms with Gasteiger partial charge < -0.3 is 14.4 Å². The first-order chi connectivity index (χ1) is 15.1. The van der Waals surface area contributed by atoms with Crippen LogP contribution in [0, 0.1) is 12.8 Å². The highest BCUT2D eigenvalue weighted by Crippen LogP contribution is 2.34. The largest absolute Gasteiger partial charge is 0.496 e. The average Bonchev–Trinajstić information content (AvgIpc) is 2.82. The third kappa shape index (κ3) is 4.73. The lowest BCUT2D eigenvalue weighted by Gasteiger charge is -2.32. The number of ether oxygens (including phenoxy) is 2. The van der Waals surface area contributed by atoms with Gasteiger partial charge in [-0.15, -0.1) is 0 Å². The third-order valence-corrected chi connectivity index (χ3v) is 7.03. The van der Waals surface area contributed by atoms with Crippen LogP contribution in [-0.4, -0.2) is 51.2 Å². The van der Waals surface area contributed by atoms with E-state index in [4.69, 9.17) is 9.47 Å². The molecule has 1 amide bonds. The van der Waals surface area contributed by atoms with Crippen LogP contribution in [0.25, 0.3) is 10.9 Å². The Morgan fingerprint density at radius 2 is 1.71 bits per heavy atom. The molecule has 168 valence electrons. The first-order valence-electron chi connectivity index (χ1n) is 11.7. The molecular weight excluding hydrogens is 390 g/mol. The summed E-state index contributed by atoms with van der Waals surface area (Å²) in [5.74, 6) is 3.80. The van der Waals surface area contributed by atoms with Gasteiger partial charge in [-0.2, -0.15) is 0 Å². The molecule has 0 radical (unpaired) electrons. The Morgan fingerprint density at radius 1 is 1.03 bits per heavy atom. The molecule has 6 nitrogen and oxygen atoms in total. The lowest BCUT2D eigenvalue weighted by Crippen LogP contribution is -2.50. The molecule has 2 heterocycles. The zero-order chi connectivity index (χ0) is 21.8. The highest BCUT2D eigenvalue weighted by molar-refractivity contribution is 5.91. The molecular formula is C25H36N3O3+. The molecule has 0 atom stereocenters. The maximum absolute atomic E-state index is 12.7. The molecule has 1 N–H and O–H groups in total. The molecule has 4 rings (SSSR count). The number of amides is 1. The van der Waals surface area contributed by atoms with Crippen LogP contribution in [0.3, 0.4) is 0 Å². The summed E-state index contributed by atoms with van der Waals surface area (Å²) in [6, 6.07) is 6.05. The van der Waals surface area contributed by atoms with Gasteiger partial charge in [-0.25, -0.2) is 4.98 Å². The molecule has 1 saturated carbocycles. The summed E-state index contributed by atoms with van der Waals surface area (Å²) in [6.45, 7) is 5.34. The van der Waals surface area contributed by atoms with Crippen molar-refractivity contribution >= 4 is 22.6 Å². The van der Waals surface area contributed by atoms with E-state index in [0.717, 1.165) is 72.3 Å². The molecule has 31 heavy (non-hydrogen) atoms. The highest BCUT2D eigenvalue weighted by Gasteiger charge is 2.28. The summed E-state index contributed by atoms with van der Waals surface area (Å²) in [5, 5.41) is 1.04. The number of pyridine rings is 1. The van der Waals surface area contributed by atoms with Crippen molar-refractivity contribution in [1.82, 2.24) is 4.90 Å². The number of aromatic amines is 1. The van der Waals surface area contributed by atoms with E-state index in [9.17, 15) is 4.79 Å². The van der Waals surface area contributed by atoms with Crippen molar-refractivity contribution in [3.05, 3.63) is 23.8 Å². The van der Waals surface area contributed by atoms with Gasteiger partial charge in [0.25, 0.3) is 5.82 Å². The number of aromatic nitrogens is 1. The van der Waals surface area contributed by atoms with Gasteiger partial charge in [-0.1, -0.05) is 32.1 Å². The monoisotopic (exact) mass is 426 g/mol. The van der Waals surface area contributed by atoms with Gasteiger partial charge >= 0.3 is 0 Å². The number of H-pyrrole nitrogens is 1. The van der Waals surface area contributed by atoms with E-state index in [0.29, 0.717) is 12.3 Å². The van der Waals surface area contributed by atoms with Gasteiger partial charge in [0.1, 0.15) is 18.8 Å². The van der Waals surface area contributed by atoms with Crippen LogP contribution in [0.4, 0.5) is 5.82 Å². The van der Waals surface area contributed by atoms with Gasteiger partial charge in [-0.3, -0.25) is 9.69 Å². The number of nitrogens with one attached hydrogen (secondary N) is 1. The second-order valence-electron chi connectivity index (χ2n) is 8.97. The minimum atomic E-state index is 0.329. The van der Waals surface area contributed by atoms with Crippen molar-refractivity contribution in [2.24, 2.45) is 5.92 Å². The zero-order valence-electron chi connectivity index (χ0n) is 19.2. The Kier molecular flexibility index (Phi) is 6.83. The van der Waals surface area contributed by atoms with Crippen molar-refractivity contribution in [2.75, 3.05) is 45.3 Å². The van der Waals surface area contributed by atoms with Gasteiger partial charge in [0.05, 0.1) is 32.7 Å². The molecule has 0 bridgehead atoms. The van der Waals surface area contributed by atoms with Gasteiger partial charge in [0.15, 0.2) is 11.3 Å². The highest BCUT2D eigenvalue weighted by atomic mass is 16.5. The van der Waals surface area contributed by atoms with E-state index in [-0.39, 0.29) is 0 Å². The minimum absolute atomic E-state index is 0.329. The van der Waals surface area contributed by atoms with Crippen LogP contribution in [0.2, 0.25) is 0 Å². The molecule has 1 aliphatic carbocycles. The lowest BCUT2D eigenvalue weighted by atomic mass is 9.86. The molecule has 6 heteroatoms. The first kappa shape index (κ1) is 21.7. The molecule has 2 aliphatic rings. The lowest BCUT2D eigenvalue weighted by molar-refractivity contribution is -0.331. The zero-order valence-corrected chi connectivity index (χ0v) is 19.2. The quantitative estimate of drug-likeness (QED) is 0.701. The van der Waals surface area contributed by atoms with Crippen LogP contribution in [0.15, 0.2) is 18.2 Å². The number of carbonyl (C=O) groups excluding carboxylic acids is 1. The van der Waals surface area contributed by atoms with Gasteiger partial charge in [-0.05, 0) is 37.0 Å². The van der Waals surface area contributed by atoms with E-state index in [2.05, 4.69) is 27.8 Å². The number of hydrogen-bond acceptors (Lipinski definition) is 4. The van der Waals surface area contributed by atoms with Gasteiger partial charge in [0.2, 0.25) is 5.91 Å². The predicted octanol–water partition coefficient (Wildman–Crippen LogP) is 3.99. The predicted molar refractivity (Wildman–Crippen MR) is 123 cm³/mol. The van der Waals surface area contributed by atoms with Gasteiger partial charge in [0, 0.05) is 12.5 Å². The van der Waals surface area contributed by atoms with E-state index in [1.807, 2.05) is 12.1 Å². The number of hydrogen-bond donors (Lipinski definition) is 0. The SMILES string of the molecule is COc1ccc(OC)c2c(C)cc(N3CCN(C(=O)CCC4CCCCC4)CC3)[nH+]c12. The smallest absolute Gasteiger partial charge is 0.275 e. The number of benzene rings is 1. The molecule has 1 aromatic heterocycles. The number of anilines is 1. The Balaban J connectivity index is 1.42. The number of methoxy groups -OCH3 is 2. The Labute approximate surface area is 185 Å². The number of aryl methyl sites for hydroxylation is 1. The van der Waals surface area contributed by atoms with E-state index >= 15 is 0 Å². The molecule has 0 spiro atoms. The summed E-state index contributed by atoms with van der Waals surface area (Å²) in [6.07, 6.45) is 8.46. The summed E-state index contributed by atoms with van der Waals surface area (Å²) in [5.41, 5.74) is 2.09. The van der Waals surface area contributed by atoms with Crippen LogP contribution in [0.5, 0.6) is 11.5 Å². The maximum Gasteiger partial charge on any atom is 0.275 e. The van der Waals surface area contributed by atoms with E-state index in [1.54, 1.807) is 14.2 Å². The Morgan fingerprint density at radius 3 is 2.39 bits per heavy atom. The fourth-order valence-corrected chi connectivity index (χ4v) is 5.19. The van der Waals surface area contributed by atoms with Crippen molar-refractivity contribution in [3.63, 3.8) is 0 Å². The second-order valence-corrected chi connectivity index (χ2v) is 8.97. The number of fused-ring (bicyclic) bond motifs is 1. The molecule has 1 aliphatic heterocycles. The van der Waals surface area contributed by atoms with E-state index in [1.165, 1.54) is 32.1 Å². The van der Waals surface area contributed by atoms with Crippen LogP contribution < -0.4 is 19.4 Å². The topological polar surface area (TPSA) is 56.2 Å². The molecule has 2 aromatic rings. The number of carbonyl (C=O) groups is 1. The van der Waals surface area contributed by atoms with E-state index < -0.39 is 0 Å². The standard InChI is InChI=1S/C25H35N3O3/c1-18-17-22(26-25-21(31-3)11-10-20(30-2)24(18)25)27-13-15-28(16-14-27)23(29)12-9-19-7-5-4-6-8-19/h10-11,17,19H,4-9,12-16H2,1-3H3/p+1. The number of rotatable bonds is 6. The maximum atomic E-state index is 12.7. The first-order valence-corrected chi connectivity index (χ1v) is 11.7. The Hall–Kier alpha value is -2.50. The van der Waals surface area contributed by atoms with Crippen molar-refractivity contribution in [1.29, 1.82) is 0 Å². The van der Waals surface area contributed by atoms with Crippen LogP contribution >= 0.6 is 0 Å². The second kappa shape index (κ2) is 9.75. The summed E-state index contributed by atoms with van der Waals surface area (Å²) in [4.78, 5) is 20.7. The fraction of sp³-hybridized carbons (Fsp3) is 0.600. The molecule has 2 fully saturated rings. The third-order valence-electron chi connectivity index (χ3n) is 7.03. The molecule has 1 aromatic carbocycles.